The van der Waals surface area contributed by atoms with Gasteiger partial charge in [0, 0.05) is 43.8 Å². The zero-order valence-electron chi connectivity index (χ0n) is 17.3. The fourth-order valence-corrected chi connectivity index (χ4v) is 5.86. The molecule has 0 bridgehead atoms. The number of carbonyl (C=O) groups is 2. The lowest BCUT2D eigenvalue weighted by Crippen LogP contribution is -2.54. The number of nitrogens with zero attached hydrogens (tertiary/aromatic N) is 3. The third-order valence-electron chi connectivity index (χ3n) is 5.99. The predicted octanol–water partition coefficient (Wildman–Crippen LogP) is 1.26. The zero-order valence-corrected chi connectivity index (χ0v) is 18.1. The average molecular weight is 422 g/mol. The molecule has 0 N–H and O–H groups in total. The number of hydrogen-bond donors (Lipinski definition) is 0. The lowest BCUT2D eigenvalue weighted by molar-refractivity contribution is -0.137. The van der Waals surface area contributed by atoms with Gasteiger partial charge < -0.3 is 9.80 Å². The van der Waals surface area contributed by atoms with Crippen LogP contribution < -0.4 is 0 Å². The van der Waals surface area contributed by atoms with E-state index in [1.165, 1.54) is 0 Å². The Labute approximate surface area is 173 Å². The van der Waals surface area contributed by atoms with Crippen LogP contribution in [0.4, 0.5) is 0 Å². The van der Waals surface area contributed by atoms with Gasteiger partial charge in [-0.3, -0.25) is 14.5 Å². The first-order chi connectivity index (χ1) is 13.8. The summed E-state index contributed by atoms with van der Waals surface area (Å²) < 4.78 is 23.8. The SMILES string of the molecule is CC[C@@H](C)N(C(=O)CN1CCN(C(=O)c2ccccc2)CC1)[C@@H]1CCS(=O)(=O)C1. The number of rotatable bonds is 6. The molecule has 0 aliphatic carbocycles. The summed E-state index contributed by atoms with van der Waals surface area (Å²) in [4.78, 5) is 31.3. The smallest absolute Gasteiger partial charge is 0.253 e. The molecule has 2 atom stereocenters. The van der Waals surface area contributed by atoms with E-state index in [0.717, 1.165) is 6.42 Å². The Morgan fingerprint density at radius 2 is 1.79 bits per heavy atom. The molecule has 7 nitrogen and oxygen atoms in total. The van der Waals surface area contributed by atoms with Gasteiger partial charge in [0.1, 0.15) is 0 Å². The molecule has 0 saturated carbocycles. The van der Waals surface area contributed by atoms with Gasteiger partial charge in [-0.05, 0) is 31.9 Å². The van der Waals surface area contributed by atoms with Crippen LogP contribution in [0.3, 0.4) is 0 Å². The molecule has 0 radical (unpaired) electrons. The third kappa shape index (κ3) is 5.36. The standard InChI is InChI=1S/C21H31N3O4S/c1-3-17(2)24(19-9-14-29(27,28)16-19)20(25)15-22-10-12-23(13-11-22)21(26)18-7-5-4-6-8-18/h4-8,17,19H,3,9-16H2,1-2H3/t17-,19-/m1/s1. The van der Waals surface area contributed by atoms with E-state index in [1.807, 2.05) is 49.1 Å². The molecule has 0 aromatic heterocycles. The van der Waals surface area contributed by atoms with Crippen molar-refractivity contribution in [1.29, 1.82) is 0 Å². The van der Waals surface area contributed by atoms with Crippen molar-refractivity contribution in [2.75, 3.05) is 44.2 Å². The molecular formula is C21H31N3O4S. The minimum atomic E-state index is -3.04. The van der Waals surface area contributed by atoms with Crippen LogP contribution in [0.25, 0.3) is 0 Å². The first-order valence-electron chi connectivity index (χ1n) is 10.4. The van der Waals surface area contributed by atoms with Crippen LogP contribution in [0, 0.1) is 0 Å². The molecule has 1 aromatic carbocycles. The maximum absolute atomic E-state index is 13.1. The Morgan fingerprint density at radius 3 is 2.34 bits per heavy atom. The van der Waals surface area contributed by atoms with Crippen molar-refractivity contribution in [3.05, 3.63) is 35.9 Å². The second-order valence-electron chi connectivity index (χ2n) is 8.05. The third-order valence-corrected chi connectivity index (χ3v) is 7.74. The van der Waals surface area contributed by atoms with E-state index in [4.69, 9.17) is 0 Å². The van der Waals surface area contributed by atoms with Gasteiger partial charge in [0.2, 0.25) is 5.91 Å². The van der Waals surface area contributed by atoms with Crippen molar-refractivity contribution >= 4 is 21.7 Å². The Kier molecular flexibility index (Phi) is 6.95. The molecular weight excluding hydrogens is 390 g/mol. The molecule has 2 heterocycles. The van der Waals surface area contributed by atoms with Gasteiger partial charge in [0.15, 0.2) is 9.84 Å². The summed E-state index contributed by atoms with van der Waals surface area (Å²) in [6, 6.07) is 9.03. The van der Waals surface area contributed by atoms with Gasteiger partial charge >= 0.3 is 0 Å². The van der Waals surface area contributed by atoms with E-state index in [-0.39, 0.29) is 41.9 Å². The zero-order chi connectivity index (χ0) is 21.0. The van der Waals surface area contributed by atoms with Gasteiger partial charge in [-0.2, -0.15) is 0 Å². The van der Waals surface area contributed by atoms with Crippen molar-refractivity contribution < 1.29 is 18.0 Å². The normalized spacial score (nSPS) is 23.0. The monoisotopic (exact) mass is 421 g/mol. The molecule has 0 spiro atoms. The summed E-state index contributed by atoms with van der Waals surface area (Å²) in [5.74, 6) is 0.249. The summed E-state index contributed by atoms with van der Waals surface area (Å²) in [5.41, 5.74) is 0.683. The molecule has 160 valence electrons. The summed E-state index contributed by atoms with van der Waals surface area (Å²) in [5, 5.41) is 0. The molecule has 2 fully saturated rings. The molecule has 3 rings (SSSR count). The quantitative estimate of drug-likeness (QED) is 0.691. The Balaban J connectivity index is 1.57. The fourth-order valence-electron chi connectivity index (χ4n) is 4.15. The summed E-state index contributed by atoms with van der Waals surface area (Å²) in [6.45, 7) is 6.73. The van der Waals surface area contributed by atoms with Crippen LogP contribution in [0.1, 0.15) is 37.0 Å². The van der Waals surface area contributed by atoms with Gasteiger partial charge in [0.25, 0.3) is 5.91 Å². The number of hydrogen-bond acceptors (Lipinski definition) is 5. The minimum absolute atomic E-state index is 0.00992. The first-order valence-corrected chi connectivity index (χ1v) is 12.2. The lowest BCUT2D eigenvalue weighted by Gasteiger charge is -2.38. The van der Waals surface area contributed by atoms with Crippen LogP contribution in [-0.2, 0) is 14.6 Å². The van der Waals surface area contributed by atoms with Crippen LogP contribution in [0.15, 0.2) is 30.3 Å². The van der Waals surface area contributed by atoms with E-state index in [1.54, 1.807) is 4.90 Å². The number of amides is 2. The van der Waals surface area contributed by atoms with Crippen molar-refractivity contribution in [2.24, 2.45) is 0 Å². The van der Waals surface area contributed by atoms with Crippen molar-refractivity contribution in [1.82, 2.24) is 14.7 Å². The lowest BCUT2D eigenvalue weighted by atomic mass is 10.1. The van der Waals surface area contributed by atoms with Gasteiger partial charge in [-0.15, -0.1) is 0 Å². The molecule has 2 saturated heterocycles. The average Bonchev–Trinajstić information content (AvgIpc) is 3.07. The van der Waals surface area contributed by atoms with Gasteiger partial charge in [0.05, 0.1) is 18.1 Å². The predicted molar refractivity (Wildman–Crippen MR) is 112 cm³/mol. The summed E-state index contributed by atoms with van der Waals surface area (Å²) in [6.07, 6.45) is 1.32. The van der Waals surface area contributed by atoms with Gasteiger partial charge in [-0.25, -0.2) is 8.42 Å². The van der Waals surface area contributed by atoms with Crippen LogP contribution in [-0.4, -0.2) is 91.2 Å². The second kappa shape index (κ2) is 9.26. The van der Waals surface area contributed by atoms with Gasteiger partial charge in [-0.1, -0.05) is 25.1 Å². The summed E-state index contributed by atoms with van der Waals surface area (Å²) in [7, 11) is -3.04. The Hall–Kier alpha value is -1.93. The highest BCUT2D eigenvalue weighted by Crippen LogP contribution is 2.22. The summed E-state index contributed by atoms with van der Waals surface area (Å²) >= 11 is 0. The molecule has 2 amide bonds. The first kappa shape index (κ1) is 21.8. The number of benzene rings is 1. The molecule has 0 unspecified atom stereocenters. The number of sulfone groups is 1. The molecule has 8 heteroatoms. The Morgan fingerprint density at radius 1 is 1.14 bits per heavy atom. The van der Waals surface area contributed by atoms with E-state index < -0.39 is 9.84 Å². The van der Waals surface area contributed by atoms with Crippen LogP contribution in [0.5, 0.6) is 0 Å². The van der Waals surface area contributed by atoms with Crippen LogP contribution >= 0.6 is 0 Å². The van der Waals surface area contributed by atoms with E-state index in [0.29, 0.717) is 38.2 Å². The highest BCUT2D eigenvalue weighted by molar-refractivity contribution is 7.91. The molecule has 1 aromatic rings. The fraction of sp³-hybridized carbons (Fsp3) is 0.619. The maximum atomic E-state index is 13.1. The van der Waals surface area contributed by atoms with Crippen molar-refractivity contribution in [3.63, 3.8) is 0 Å². The second-order valence-corrected chi connectivity index (χ2v) is 10.3. The van der Waals surface area contributed by atoms with Crippen LogP contribution in [0.2, 0.25) is 0 Å². The number of piperazine rings is 1. The van der Waals surface area contributed by atoms with Crippen molar-refractivity contribution in [2.45, 2.75) is 38.8 Å². The van der Waals surface area contributed by atoms with E-state index in [2.05, 4.69) is 4.90 Å². The van der Waals surface area contributed by atoms with Crippen molar-refractivity contribution in [3.8, 4) is 0 Å². The minimum Gasteiger partial charge on any atom is -0.336 e. The molecule has 29 heavy (non-hydrogen) atoms. The molecule has 2 aliphatic rings. The highest BCUT2D eigenvalue weighted by atomic mass is 32.2. The Bertz CT molecular complexity index is 820. The molecule has 2 aliphatic heterocycles. The van der Waals surface area contributed by atoms with E-state index >= 15 is 0 Å². The number of carbonyl (C=O) groups excluding carboxylic acids is 2. The largest absolute Gasteiger partial charge is 0.336 e. The highest BCUT2D eigenvalue weighted by Gasteiger charge is 2.37. The maximum Gasteiger partial charge on any atom is 0.253 e. The topological polar surface area (TPSA) is 78.0 Å². The van der Waals surface area contributed by atoms with E-state index in [9.17, 15) is 18.0 Å².